The van der Waals surface area contributed by atoms with Gasteiger partial charge in [-0.1, -0.05) is 42.9 Å². The monoisotopic (exact) mass is 448 g/mol. The average Bonchev–Trinajstić information content (AvgIpc) is 3.06. The molecule has 1 fully saturated rings. The minimum absolute atomic E-state index is 0.0477. The van der Waals surface area contributed by atoms with Crippen molar-refractivity contribution < 1.29 is 23.9 Å². The molecule has 1 aromatic rings. The molecule has 0 unspecified atom stereocenters. The highest BCUT2D eigenvalue weighted by atomic mass is 32.2. The largest absolute Gasteiger partial charge is 0.490 e. The number of fused-ring (bicyclic) bond motifs is 1. The Hall–Kier alpha value is -2.39. The van der Waals surface area contributed by atoms with Crippen molar-refractivity contribution in [2.24, 2.45) is 0 Å². The Morgan fingerprint density at radius 1 is 1.27 bits per heavy atom. The van der Waals surface area contributed by atoms with E-state index in [1.54, 1.807) is 11.0 Å². The van der Waals surface area contributed by atoms with E-state index in [2.05, 4.69) is 10.1 Å². The van der Waals surface area contributed by atoms with Gasteiger partial charge in [-0.25, -0.2) is 0 Å². The summed E-state index contributed by atoms with van der Waals surface area (Å²) >= 11 is 6.24. The molecule has 160 valence electrons. The number of amides is 2. The zero-order chi connectivity index (χ0) is 21.5. The van der Waals surface area contributed by atoms with Gasteiger partial charge in [0, 0.05) is 12.8 Å². The summed E-state index contributed by atoms with van der Waals surface area (Å²) in [6.07, 6.45) is 5.94. The van der Waals surface area contributed by atoms with Crippen LogP contribution in [0.1, 0.15) is 44.1 Å². The third-order valence-electron chi connectivity index (χ3n) is 4.84. The number of nitrogens with zero attached hydrogens (tertiary/aromatic N) is 1. The fourth-order valence-corrected chi connectivity index (χ4v) is 4.34. The van der Waals surface area contributed by atoms with Crippen molar-refractivity contribution in [3.05, 3.63) is 28.7 Å². The Morgan fingerprint density at radius 2 is 2.03 bits per heavy atom. The minimum Gasteiger partial charge on any atom is -0.490 e. The Morgan fingerprint density at radius 3 is 2.73 bits per heavy atom. The molecule has 1 aromatic carbocycles. The van der Waals surface area contributed by atoms with Crippen LogP contribution in [0.25, 0.3) is 6.08 Å². The number of thiocarbonyl (C=S) groups is 1. The maximum absolute atomic E-state index is 12.8. The standard InChI is InChI=1S/C21H24N2O5S2/c1-27-19(25)7-5-3-2-4-6-18(24)23-10-11-28-16-9-8-14(12-15(16)23)13-17-20(26)22-21(29)30-17/h8-9,12-13H,2-7,10-11H2,1H3,(H,22,26,29)/b17-13+. The lowest BCUT2D eigenvalue weighted by atomic mass is 10.1. The zero-order valence-electron chi connectivity index (χ0n) is 16.8. The molecule has 2 heterocycles. The van der Waals surface area contributed by atoms with E-state index in [-0.39, 0.29) is 17.8 Å². The second-order valence-corrected chi connectivity index (χ2v) is 8.68. The first-order chi connectivity index (χ1) is 14.5. The smallest absolute Gasteiger partial charge is 0.305 e. The van der Waals surface area contributed by atoms with E-state index in [1.165, 1.54) is 18.9 Å². The quantitative estimate of drug-likeness (QED) is 0.282. The summed E-state index contributed by atoms with van der Waals surface area (Å²) in [5, 5.41) is 2.60. The van der Waals surface area contributed by atoms with Crippen molar-refractivity contribution in [2.75, 3.05) is 25.2 Å². The lowest BCUT2D eigenvalue weighted by Gasteiger charge is -2.30. The molecule has 0 bridgehead atoms. The van der Waals surface area contributed by atoms with Crippen LogP contribution in [0.5, 0.6) is 5.75 Å². The van der Waals surface area contributed by atoms with Crippen molar-refractivity contribution in [2.45, 2.75) is 38.5 Å². The summed E-state index contributed by atoms with van der Waals surface area (Å²) in [6.45, 7) is 0.943. The normalized spacial score (nSPS) is 16.8. The van der Waals surface area contributed by atoms with E-state index >= 15 is 0 Å². The van der Waals surface area contributed by atoms with Crippen LogP contribution in [0, 0.1) is 0 Å². The van der Waals surface area contributed by atoms with Crippen LogP contribution in [0.3, 0.4) is 0 Å². The number of benzene rings is 1. The van der Waals surface area contributed by atoms with Crippen LogP contribution < -0.4 is 15.0 Å². The molecule has 0 aliphatic carbocycles. The first kappa shape index (κ1) is 22.3. The van der Waals surface area contributed by atoms with Gasteiger partial charge in [-0.3, -0.25) is 14.4 Å². The van der Waals surface area contributed by atoms with Crippen LogP contribution in [0.15, 0.2) is 23.1 Å². The number of anilines is 1. The third kappa shape index (κ3) is 5.82. The number of thioether (sulfide) groups is 1. The van der Waals surface area contributed by atoms with Crippen LogP contribution in [0.4, 0.5) is 5.69 Å². The second kappa shape index (κ2) is 10.6. The number of carbonyl (C=O) groups excluding carboxylic acids is 3. The molecule has 0 spiro atoms. The number of methoxy groups -OCH3 is 1. The molecule has 2 aliphatic rings. The number of nitrogens with one attached hydrogen (secondary N) is 1. The number of rotatable bonds is 8. The molecule has 0 aromatic heterocycles. The molecule has 3 rings (SSSR count). The molecule has 0 saturated carbocycles. The Labute approximate surface area is 185 Å². The third-order valence-corrected chi connectivity index (χ3v) is 6.00. The molecule has 2 amide bonds. The number of ether oxygens (including phenoxy) is 2. The summed E-state index contributed by atoms with van der Waals surface area (Å²) in [6, 6.07) is 5.55. The van der Waals surface area contributed by atoms with Crippen LogP contribution in [-0.4, -0.2) is 42.4 Å². The van der Waals surface area contributed by atoms with Gasteiger partial charge in [0.2, 0.25) is 5.91 Å². The SMILES string of the molecule is COC(=O)CCCCCCC(=O)N1CCOc2ccc(/C=C3/SC(=S)NC3=O)cc21. The van der Waals surface area contributed by atoms with Gasteiger partial charge in [0.25, 0.3) is 5.91 Å². The Balaban J connectivity index is 1.59. The molecule has 1 saturated heterocycles. The van der Waals surface area contributed by atoms with Gasteiger partial charge >= 0.3 is 5.97 Å². The highest BCUT2D eigenvalue weighted by Gasteiger charge is 2.25. The molecule has 9 heteroatoms. The molecule has 1 N–H and O–H groups in total. The van der Waals surface area contributed by atoms with E-state index in [4.69, 9.17) is 17.0 Å². The van der Waals surface area contributed by atoms with Crippen molar-refractivity contribution in [1.29, 1.82) is 0 Å². The van der Waals surface area contributed by atoms with E-state index < -0.39 is 0 Å². The zero-order valence-corrected chi connectivity index (χ0v) is 18.4. The molecule has 30 heavy (non-hydrogen) atoms. The minimum atomic E-state index is -0.209. The van der Waals surface area contributed by atoms with Gasteiger partial charge in [-0.05, 0) is 36.6 Å². The lowest BCUT2D eigenvalue weighted by molar-refractivity contribution is -0.140. The second-order valence-electron chi connectivity index (χ2n) is 6.96. The topological polar surface area (TPSA) is 84.9 Å². The van der Waals surface area contributed by atoms with Gasteiger partial charge in [-0.15, -0.1) is 0 Å². The van der Waals surface area contributed by atoms with Gasteiger partial charge in [0.1, 0.15) is 16.7 Å². The maximum Gasteiger partial charge on any atom is 0.305 e. The molecule has 0 atom stereocenters. The van der Waals surface area contributed by atoms with Gasteiger partial charge in [0.15, 0.2) is 0 Å². The van der Waals surface area contributed by atoms with Crippen molar-refractivity contribution in [3.63, 3.8) is 0 Å². The highest BCUT2D eigenvalue weighted by molar-refractivity contribution is 8.26. The van der Waals surface area contributed by atoms with Crippen molar-refractivity contribution in [3.8, 4) is 5.75 Å². The van der Waals surface area contributed by atoms with Gasteiger partial charge in [0.05, 0.1) is 24.2 Å². The Kier molecular flexibility index (Phi) is 7.87. The number of hydrogen-bond acceptors (Lipinski definition) is 7. The molecular formula is C21H24N2O5S2. The highest BCUT2D eigenvalue weighted by Crippen LogP contribution is 2.35. The van der Waals surface area contributed by atoms with Crippen molar-refractivity contribution in [1.82, 2.24) is 5.32 Å². The first-order valence-corrected chi connectivity index (χ1v) is 11.1. The summed E-state index contributed by atoms with van der Waals surface area (Å²) < 4.78 is 10.8. The maximum atomic E-state index is 12.8. The average molecular weight is 449 g/mol. The first-order valence-electron chi connectivity index (χ1n) is 9.87. The van der Waals surface area contributed by atoms with E-state index in [0.717, 1.165) is 36.9 Å². The molecule has 7 nitrogen and oxygen atoms in total. The number of unbranched alkanes of at least 4 members (excludes halogenated alkanes) is 3. The predicted octanol–water partition coefficient (Wildman–Crippen LogP) is 3.41. The van der Waals surface area contributed by atoms with Crippen LogP contribution in [-0.2, 0) is 19.1 Å². The number of esters is 1. The van der Waals surface area contributed by atoms with E-state index in [9.17, 15) is 14.4 Å². The number of hydrogen-bond donors (Lipinski definition) is 1. The summed E-state index contributed by atoms with van der Waals surface area (Å²) in [5.74, 6) is 0.302. The van der Waals surface area contributed by atoms with Gasteiger partial charge < -0.3 is 19.7 Å². The molecular weight excluding hydrogens is 424 g/mol. The lowest BCUT2D eigenvalue weighted by Crippen LogP contribution is -2.37. The Bertz CT molecular complexity index is 884. The van der Waals surface area contributed by atoms with Crippen molar-refractivity contribution >= 4 is 57.8 Å². The van der Waals surface area contributed by atoms with E-state index in [0.29, 0.717) is 41.0 Å². The summed E-state index contributed by atoms with van der Waals surface area (Å²) in [5.41, 5.74) is 1.53. The summed E-state index contributed by atoms with van der Waals surface area (Å²) in [7, 11) is 1.39. The van der Waals surface area contributed by atoms with Crippen LogP contribution >= 0.6 is 24.0 Å². The summed E-state index contributed by atoms with van der Waals surface area (Å²) in [4.78, 5) is 38.1. The molecule has 0 radical (unpaired) electrons. The fraction of sp³-hybridized carbons (Fsp3) is 0.429. The number of carbonyl (C=O) groups is 3. The fourth-order valence-electron chi connectivity index (χ4n) is 3.29. The van der Waals surface area contributed by atoms with Gasteiger partial charge in [-0.2, -0.15) is 0 Å². The van der Waals surface area contributed by atoms with Crippen LogP contribution in [0.2, 0.25) is 0 Å². The van der Waals surface area contributed by atoms with E-state index in [1.807, 2.05) is 18.2 Å². The molecule has 2 aliphatic heterocycles. The predicted molar refractivity (Wildman–Crippen MR) is 120 cm³/mol.